The van der Waals surface area contributed by atoms with Crippen LogP contribution in [-0.4, -0.2) is 11.7 Å². The second-order valence-corrected chi connectivity index (χ2v) is 12.6. The standard InChI is InChI=1S/C28H47N3O/c1-18(2)7-6-8-19(3)23-11-12-24-22-10-9-20-17-21(30-31-26(29)32)13-15-27(20,4)25(22)14-16-28(23,24)5/h17-19,22-25H,6-16H2,1-5H3,(H3,29,31,32)/b30-21+/t19?,22?,23?,24?,25?,27-,28+/m0/s1. The third kappa shape index (κ3) is 4.28. The highest BCUT2D eigenvalue weighted by Crippen LogP contribution is 2.67. The fourth-order valence-corrected chi connectivity index (χ4v) is 8.81. The van der Waals surface area contributed by atoms with Crippen molar-refractivity contribution in [2.75, 3.05) is 0 Å². The highest BCUT2D eigenvalue weighted by atomic mass is 16.2. The van der Waals surface area contributed by atoms with Gasteiger partial charge in [-0.05, 0) is 104 Å². The zero-order valence-electron chi connectivity index (χ0n) is 21.3. The van der Waals surface area contributed by atoms with Crippen molar-refractivity contribution in [3.63, 3.8) is 0 Å². The summed E-state index contributed by atoms with van der Waals surface area (Å²) in [5.74, 6) is 5.27. The Labute approximate surface area is 196 Å². The maximum absolute atomic E-state index is 11.1. The molecule has 0 bridgehead atoms. The Morgan fingerprint density at radius 2 is 1.88 bits per heavy atom. The molecule has 180 valence electrons. The number of hydrazone groups is 1. The Hall–Kier alpha value is -1.32. The molecule has 0 heterocycles. The third-order valence-electron chi connectivity index (χ3n) is 10.5. The molecule has 3 fully saturated rings. The van der Waals surface area contributed by atoms with E-state index in [0.717, 1.165) is 54.1 Å². The Balaban J connectivity index is 1.47. The van der Waals surface area contributed by atoms with Crippen molar-refractivity contribution in [3.05, 3.63) is 11.6 Å². The molecule has 3 N–H and O–H groups in total. The van der Waals surface area contributed by atoms with Gasteiger partial charge in [-0.3, -0.25) is 0 Å². The summed E-state index contributed by atoms with van der Waals surface area (Å²) in [6.45, 7) is 12.5. The number of primary amides is 1. The molecule has 2 amide bonds. The largest absolute Gasteiger partial charge is 0.350 e. The van der Waals surface area contributed by atoms with Crippen molar-refractivity contribution in [1.82, 2.24) is 5.43 Å². The Kier molecular flexibility index (Phi) is 6.81. The summed E-state index contributed by atoms with van der Waals surface area (Å²) in [6.07, 6.45) is 16.9. The summed E-state index contributed by atoms with van der Waals surface area (Å²) < 4.78 is 0. The number of fused-ring (bicyclic) bond motifs is 5. The number of hydrogen-bond donors (Lipinski definition) is 2. The molecule has 0 aromatic carbocycles. The molecule has 4 nitrogen and oxygen atoms in total. The van der Waals surface area contributed by atoms with E-state index < -0.39 is 6.03 Å². The molecule has 0 spiro atoms. The van der Waals surface area contributed by atoms with Crippen molar-refractivity contribution >= 4 is 11.7 Å². The summed E-state index contributed by atoms with van der Waals surface area (Å²) >= 11 is 0. The molecule has 3 saturated carbocycles. The highest BCUT2D eigenvalue weighted by Gasteiger charge is 2.59. The van der Waals surface area contributed by atoms with Crippen LogP contribution < -0.4 is 11.2 Å². The number of nitrogens with one attached hydrogen (secondary N) is 1. The predicted molar refractivity (Wildman–Crippen MR) is 133 cm³/mol. The first kappa shape index (κ1) is 23.8. The summed E-state index contributed by atoms with van der Waals surface area (Å²) in [6, 6.07) is -0.575. The van der Waals surface area contributed by atoms with Gasteiger partial charge in [-0.15, -0.1) is 0 Å². The van der Waals surface area contributed by atoms with Crippen LogP contribution in [0.4, 0.5) is 4.79 Å². The Morgan fingerprint density at radius 1 is 1.09 bits per heavy atom. The second-order valence-electron chi connectivity index (χ2n) is 12.6. The summed E-state index contributed by atoms with van der Waals surface area (Å²) in [5, 5.41) is 4.25. The second kappa shape index (κ2) is 9.14. The van der Waals surface area contributed by atoms with Gasteiger partial charge in [0, 0.05) is 0 Å². The highest BCUT2D eigenvalue weighted by molar-refractivity contribution is 5.97. The maximum atomic E-state index is 11.1. The molecule has 32 heavy (non-hydrogen) atoms. The average Bonchev–Trinajstić information content (AvgIpc) is 3.09. The number of rotatable bonds is 6. The van der Waals surface area contributed by atoms with Crippen LogP contribution in [0.3, 0.4) is 0 Å². The van der Waals surface area contributed by atoms with E-state index in [1.165, 1.54) is 57.8 Å². The van der Waals surface area contributed by atoms with Crippen LogP contribution in [-0.2, 0) is 0 Å². The maximum Gasteiger partial charge on any atom is 0.332 e. The minimum Gasteiger partial charge on any atom is -0.350 e. The lowest BCUT2D eigenvalue weighted by atomic mass is 9.46. The van der Waals surface area contributed by atoms with Gasteiger partial charge in [0.1, 0.15) is 0 Å². The summed E-state index contributed by atoms with van der Waals surface area (Å²) in [5.41, 5.74) is 11.1. The van der Waals surface area contributed by atoms with Crippen molar-refractivity contribution in [2.24, 2.45) is 57.2 Å². The fourth-order valence-electron chi connectivity index (χ4n) is 8.81. The van der Waals surface area contributed by atoms with Gasteiger partial charge in [-0.1, -0.05) is 59.5 Å². The van der Waals surface area contributed by atoms with Gasteiger partial charge in [-0.2, -0.15) is 5.10 Å². The summed E-state index contributed by atoms with van der Waals surface area (Å²) in [4.78, 5) is 11.1. The minimum absolute atomic E-state index is 0.316. The molecule has 4 aliphatic carbocycles. The number of nitrogens with two attached hydrogens (primary N) is 1. The van der Waals surface area contributed by atoms with Gasteiger partial charge in [0.2, 0.25) is 0 Å². The van der Waals surface area contributed by atoms with Crippen molar-refractivity contribution in [3.8, 4) is 0 Å². The molecule has 0 saturated heterocycles. The van der Waals surface area contributed by atoms with Crippen LogP contribution in [0.2, 0.25) is 0 Å². The van der Waals surface area contributed by atoms with E-state index in [0.29, 0.717) is 10.8 Å². The molecule has 5 unspecified atom stereocenters. The van der Waals surface area contributed by atoms with Gasteiger partial charge in [0.15, 0.2) is 0 Å². The van der Waals surface area contributed by atoms with E-state index in [1.807, 2.05) is 0 Å². The molecule has 0 aliphatic heterocycles. The van der Waals surface area contributed by atoms with Crippen LogP contribution >= 0.6 is 0 Å². The Morgan fingerprint density at radius 3 is 2.59 bits per heavy atom. The lowest BCUT2D eigenvalue weighted by Crippen LogP contribution is -2.51. The van der Waals surface area contributed by atoms with Crippen LogP contribution in [0.25, 0.3) is 0 Å². The van der Waals surface area contributed by atoms with Crippen LogP contribution in [0.1, 0.15) is 105 Å². The Bertz CT molecular complexity index is 771. The quantitative estimate of drug-likeness (QED) is 0.426. The van der Waals surface area contributed by atoms with Crippen LogP contribution in [0.15, 0.2) is 16.8 Å². The van der Waals surface area contributed by atoms with Crippen LogP contribution in [0, 0.1) is 46.3 Å². The number of amides is 2. The van der Waals surface area contributed by atoms with E-state index in [9.17, 15) is 4.79 Å². The molecule has 7 atom stereocenters. The van der Waals surface area contributed by atoms with Gasteiger partial charge in [-0.25, -0.2) is 10.2 Å². The summed E-state index contributed by atoms with van der Waals surface area (Å²) in [7, 11) is 0. The number of nitrogens with zero attached hydrogens (tertiary/aromatic N) is 1. The normalized spacial score (nSPS) is 40.9. The first-order valence-corrected chi connectivity index (χ1v) is 13.5. The predicted octanol–water partition coefficient (Wildman–Crippen LogP) is 7.05. The lowest BCUT2D eigenvalue weighted by molar-refractivity contribution is -0.0573. The molecule has 4 rings (SSSR count). The van der Waals surface area contributed by atoms with Crippen molar-refractivity contribution < 1.29 is 4.79 Å². The van der Waals surface area contributed by atoms with Gasteiger partial charge in [0.25, 0.3) is 0 Å². The monoisotopic (exact) mass is 441 g/mol. The van der Waals surface area contributed by atoms with Gasteiger partial charge in [0.05, 0.1) is 5.71 Å². The molecular formula is C28H47N3O. The number of carbonyl (C=O) groups is 1. The zero-order valence-corrected chi connectivity index (χ0v) is 21.3. The third-order valence-corrected chi connectivity index (χ3v) is 10.5. The van der Waals surface area contributed by atoms with Crippen LogP contribution in [0.5, 0.6) is 0 Å². The first-order valence-electron chi connectivity index (χ1n) is 13.5. The zero-order chi connectivity index (χ0) is 23.1. The van der Waals surface area contributed by atoms with Gasteiger partial charge >= 0.3 is 6.03 Å². The van der Waals surface area contributed by atoms with Gasteiger partial charge < -0.3 is 5.73 Å². The minimum atomic E-state index is -0.575. The smallest absolute Gasteiger partial charge is 0.332 e. The van der Waals surface area contributed by atoms with E-state index >= 15 is 0 Å². The first-order chi connectivity index (χ1) is 15.1. The molecule has 0 radical (unpaired) electrons. The van der Waals surface area contributed by atoms with Crippen molar-refractivity contribution in [2.45, 2.75) is 105 Å². The van der Waals surface area contributed by atoms with E-state index in [1.54, 1.807) is 5.57 Å². The van der Waals surface area contributed by atoms with E-state index in [4.69, 9.17) is 5.73 Å². The van der Waals surface area contributed by atoms with E-state index in [-0.39, 0.29) is 0 Å². The topological polar surface area (TPSA) is 67.5 Å². The number of carbonyl (C=O) groups excluding carboxylic acids is 1. The number of hydrogen-bond acceptors (Lipinski definition) is 2. The molecule has 4 heteroatoms. The average molecular weight is 442 g/mol. The molecule has 4 aliphatic rings. The molecule has 0 aromatic rings. The fraction of sp³-hybridized carbons (Fsp3) is 0.857. The molecule has 0 aromatic heterocycles. The number of allylic oxidation sites excluding steroid dienone is 2. The lowest BCUT2D eigenvalue weighted by Gasteiger charge is -2.58. The molecular weight excluding hydrogens is 394 g/mol. The number of urea groups is 1. The van der Waals surface area contributed by atoms with Crippen molar-refractivity contribution in [1.29, 1.82) is 0 Å². The SMILES string of the molecule is CC(C)CCCC(C)C1CCC2C3CCC4=C/C(=N/NC(N)=O)CC[C@]4(C)C3CC[C@]12C. The van der Waals surface area contributed by atoms with E-state index in [2.05, 4.69) is 51.2 Å².